The number of nitrogens with one attached hydrogen (secondary N) is 1. The fourth-order valence-electron chi connectivity index (χ4n) is 2.53. The monoisotopic (exact) mass is 349 g/mol. The van der Waals surface area contributed by atoms with Gasteiger partial charge < -0.3 is 5.32 Å². The average Bonchev–Trinajstić information content (AvgIpc) is 2.45. The molecule has 112 valence electrons. The van der Waals surface area contributed by atoms with E-state index in [1.54, 1.807) is 6.07 Å². The molecule has 2 aromatic rings. The zero-order valence-electron chi connectivity index (χ0n) is 12.7. The topological polar surface area (TPSA) is 12.0 Å². The lowest BCUT2D eigenvalue weighted by molar-refractivity contribution is 0.531. The molecular formula is C18H21BrFN. The molecule has 1 unspecified atom stereocenters. The third-order valence-electron chi connectivity index (χ3n) is 3.85. The summed E-state index contributed by atoms with van der Waals surface area (Å²) in [4.78, 5) is 0. The Morgan fingerprint density at radius 3 is 2.48 bits per heavy atom. The minimum absolute atomic E-state index is 0.139. The summed E-state index contributed by atoms with van der Waals surface area (Å²) in [6.07, 6.45) is 1.57. The average molecular weight is 350 g/mol. The summed E-state index contributed by atoms with van der Waals surface area (Å²) in [6, 6.07) is 11.8. The molecule has 0 aromatic heterocycles. The SMILES string of the molecule is CNC(Cc1cc(C)ccc1C)Cc1cc(Br)ccc1F. The third kappa shape index (κ3) is 4.39. The molecule has 0 bridgehead atoms. The molecule has 2 rings (SSSR count). The number of hydrogen-bond donors (Lipinski definition) is 1. The summed E-state index contributed by atoms with van der Waals surface area (Å²) in [5.74, 6) is -0.139. The van der Waals surface area contributed by atoms with Crippen LogP contribution in [0.15, 0.2) is 40.9 Å². The second kappa shape index (κ2) is 7.19. The summed E-state index contributed by atoms with van der Waals surface area (Å²) in [5.41, 5.74) is 4.62. The number of likely N-dealkylation sites (N-methyl/N-ethyl adjacent to an activating group) is 1. The van der Waals surface area contributed by atoms with Crippen LogP contribution in [-0.4, -0.2) is 13.1 Å². The molecule has 0 heterocycles. The van der Waals surface area contributed by atoms with Gasteiger partial charge in [-0.15, -0.1) is 0 Å². The summed E-state index contributed by atoms with van der Waals surface area (Å²) < 4.78 is 14.8. The third-order valence-corrected chi connectivity index (χ3v) is 4.35. The fraction of sp³-hybridized carbons (Fsp3) is 0.333. The van der Waals surface area contributed by atoms with Crippen LogP contribution < -0.4 is 5.32 Å². The van der Waals surface area contributed by atoms with Gasteiger partial charge >= 0.3 is 0 Å². The molecule has 21 heavy (non-hydrogen) atoms. The maximum atomic E-state index is 13.9. The van der Waals surface area contributed by atoms with Crippen molar-refractivity contribution >= 4 is 15.9 Å². The van der Waals surface area contributed by atoms with Gasteiger partial charge in [-0.3, -0.25) is 0 Å². The first-order valence-corrected chi connectivity index (χ1v) is 7.96. The molecule has 1 atom stereocenters. The van der Waals surface area contributed by atoms with Crippen molar-refractivity contribution in [3.05, 3.63) is 68.9 Å². The van der Waals surface area contributed by atoms with E-state index in [1.807, 2.05) is 13.1 Å². The number of aryl methyl sites for hydroxylation is 2. The van der Waals surface area contributed by atoms with E-state index in [2.05, 4.69) is 53.3 Å². The Bertz CT molecular complexity index is 571. The highest BCUT2D eigenvalue weighted by atomic mass is 79.9. The number of hydrogen-bond acceptors (Lipinski definition) is 1. The van der Waals surface area contributed by atoms with Crippen LogP contribution in [0.25, 0.3) is 0 Å². The second-order valence-corrected chi connectivity index (χ2v) is 6.48. The van der Waals surface area contributed by atoms with E-state index in [9.17, 15) is 4.39 Å². The van der Waals surface area contributed by atoms with Crippen molar-refractivity contribution in [3.8, 4) is 0 Å². The van der Waals surface area contributed by atoms with Gasteiger partial charge in [-0.05, 0) is 68.6 Å². The van der Waals surface area contributed by atoms with Gasteiger partial charge in [0.25, 0.3) is 0 Å². The van der Waals surface area contributed by atoms with E-state index in [4.69, 9.17) is 0 Å². The number of benzene rings is 2. The Balaban J connectivity index is 2.16. The molecule has 0 aliphatic carbocycles. The molecule has 0 amide bonds. The van der Waals surface area contributed by atoms with Crippen molar-refractivity contribution in [2.75, 3.05) is 7.05 Å². The van der Waals surface area contributed by atoms with E-state index in [-0.39, 0.29) is 11.9 Å². The number of rotatable bonds is 5. The van der Waals surface area contributed by atoms with Gasteiger partial charge in [0.05, 0.1) is 0 Å². The molecular weight excluding hydrogens is 329 g/mol. The summed E-state index contributed by atoms with van der Waals surface area (Å²) >= 11 is 3.41. The molecule has 0 aliphatic rings. The van der Waals surface area contributed by atoms with Crippen molar-refractivity contribution in [1.29, 1.82) is 0 Å². The highest BCUT2D eigenvalue weighted by molar-refractivity contribution is 9.10. The van der Waals surface area contributed by atoms with Crippen molar-refractivity contribution < 1.29 is 4.39 Å². The summed E-state index contributed by atoms with van der Waals surface area (Å²) in [7, 11) is 1.94. The number of halogens is 2. The zero-order valence-corrected chi connectivity index (χ0v) is 14.3. The second-order valence-electron chi connectivity index (χ2n) is 5.56. The maximum Gasteiger partial charge on any atom is 0.126 e. The van der Waals surface area contributed by atoms with Gasteiger partial charge in [-0.25, -0.2) is 4.39 Å². The van der Waals surface area contributed by atoms with E-state index >= 15 is 0 Å². The highest BCUT2D eigenvalue weighted by Crippen LogP contribution is 2.19. The van der Waals surface area contributed by atoms with Gasteiger partial charge in [0.1, 0.15) is 5.82 Å². The first-order valence-electron chi connectivity index (χ1n) is 7.17. The standard InChI is InChI=1S/C18H21BrFN/c1-12-4-5-13(2)14(8-12)10-17(21-3)11-15-9-16(19)6-7-18(15)20/h4-9,17,21H,10-11H2,1-3H3. The van der Waals surface area contributed by atoms with Crippen LogP contribution in [0.1, 0.15) is 22.3 Å². The Hall–Kier alpha value is -1.19. The van der Waals surface area contributed by atoms with Gasteiger partial charge in [0, 0.05) is 10.5 Å². The van der Waals surface area contributed by atoms with E-state index in [1.165, 1.54) is 22.8 Å². The van der Waals surface area contributed by atoms with Crippen molar-refractivity contribution in [2.45, 2.75) is 32.7 Å². The molecule has 1 N–H and O–H groups in total. The predicted octanol–water partition coefficient (Wildman–Crippen LogP) is 4.58. The largest absolute Gasteiger partial charge is 0.316 e. The normalized spacial score (nSPS) is 12.4. The van der Waals surface area contributed by atoms with Crippen molar-refractivity contribution in [3.63, 3.8) is 0 Å². The molecule has 2 aromatic carbocycles. The minimum atomic E-state index is -0.139. The summed E-state index contributed by atoms with van der Waals surface area (Å²) in [5, 5.41) is 3.31. The van der Waals surface area contributed by atoms with Gasteiger partial charge in [-0.2, -0.15) is 0 Å². The molecule has 1 nitrogen and oxygen atoms in total. The smallest absolute Gasteiger partial charge is 0.126 e. The lowest BCUT2D eigenvalue weighted by atomic mass is 9.95. The molecule has 0 spiro atoms. The Labute approximate surface area is 134 Å². The van der Waals surface area contributed by atoms with E-state index in [0.717, 1.165) is 16.5 Å². The van der Waals surface area contributed by atoms with Gasteiger partial charge in [-0.1, -0.05) is 39.7 Å². The molecule has 0 radical (unpaired) electrons. The van der Waals surface area contributed by atoms with Gasteiger partial charge in [0.2, 0.25) is 0 Å². The first-order chi connectivity index (χ1) is 9.99. The van der Waals surface area contributed by atoms with Crippen LogP contribution in [0.3, 0.4) is 0 Å². The Kier molecular flexibility index (Phi) is 5.54. The Morgan fingerprint density at radius 1 is 1.05 bits per heavy atom. The summed E-state index contributed by atoms with van der Waals surface area (Å²) in [6.45, 7) is 4.23. The highest BCUT2D eigenvalue weighted by Gasteiger charge is 2.13. The first kappa shape index (κ1) is 16.2. The molecule has 0 saturated heterocycles. The van der Waals surface area contributed by atoms with Crippen LogP contribution in [0.5, 0.6) is 0 Å². The van der Waals surface area contributed by atoms with Crippen LogP contribution >= 0.6 is 15.9 Å². The van der Waals surface area contributed by atoms with Crippen molar-refractivity contribution in [2.24, 2.45) is 0 Å². The van der Waals surface area contributed by atoms with Crippen molar-refractivity contribution in [1.82, 2.24) is 5.32 Å². The predicted molar refractivity (Wildman–Crippen MR) is 90.3 cm³/mol. The van der Waals surface area contributed by atoms with Gasteiger partial charge in [0.15, 0.2) is 0 Å². The Morgan fingerprint density at radius 2 is 1.76 bits per heavy atom. The van der Waals surface area contributed by atoms with E-state index < -0.39 is 0 Å². The van der Waals surface area contributed by atoms with Crippen LogP contribution in [0.4, 0.5) is 4.39 Å². The minimum Gasteiger partial charge on any atom is -0.316 e. The van der Waals surface area contributed by atoms with Crippen LogP contribution in [0.2, 0.25) is 0 Å². The van der Waals surface area contributed by atoms with Crippen LogP contribution in [0, 0.1) is 19.7 Å². The maximum absolute atomic E-state index is 13.9. The lowest BCUT2D eigenvalue weighted by Gasteiger charge is -2.18. The molecule has 0 aliphatic heterocycles. The zero-order chi connectivity index (χ0) is 15.4. The molecule has 0 saturated carbocycles. The lowest BCUT2D eigenvalue weighted by Crippen LogP contribution is -2.30. The quantitative estimate of drug-likeness (QED) is 0.832. The molecule has 0 fully saturated rings. The van der Waals surface area contributed by atoms with Crippen LogP contribution in [-0.2, 0) is 12.8 Å². The molecule has 3 heteroatoms. The fourth-order valence-corrected chi connectivity index (χ4v) is 2.94. The van der Waals surface area contributed by atoms with E-state index in [0.29, 0.717) is 6.42 Å².